The molecule has 1 atom stereocenters. The number of nitrogens with zero attached hydrogens (tertiary/aromatic N) is 3. The van der Waals surface area contributed by atoms with Gasteiger partial charge in [-0.25, -0.2) is 0 Å². The quantitative estimate of drug-likeness (QED) is 0.800. The SMILES string of the molecule is CCCC(CC)N1CCCn2nc(C)cc2C1. The van der Waals surface area contributed by atoms with Crippen LogP contribution in [0.15, 0.2) is 6.07 Å². The predicted molar refractivity (Wildman–Crippen MR) is 71.0 cm³/mol. The minimum Gasteiger partial charge on any atom is -0.295 e. The third-order valence-corrected chi connectivity index (χ3v) is 3.78. The molecular weight excluding hydrogens is 210 g/mol. The highest BCUT2D eigenvalue weighted by Gasteiger charge is 2.21. The number of rotatable bonds is 4. The molecule has 1 aliphatic rings. The summed E-state index contributed by atoms with van der Waals surface area (Å²) in [6, 6.07) is 3.00. The third-order valence-electron chi connectivity index (χ3n) is 3.78. The minimum atomic E-state index is 0.752. The Hall–Kier alpha value is -0.830. The largest absolute Gasteiger partial charge is 0.295 e. The van der Waals surface area contributed by atoms with Crippen molar-refractivity contribution in [2.24, 2.45) is 0 Å². The van der Waals surface area contributed by atoms with E-state index in [2.05, 4.69) is 41.5 Å². The summed E-state index contributed by atoms with van der Waals surface area (Å²) in [6.07, 6.45) is 5.10. The molecule has 0 spiro atoms. The van der Waals surface area contributed by atoms with Crippen molar-refractivity contribution in [1.29, 1.82) is 0 Å². The molecule has 0 saturated heterocycles. The van der Waals surface area contributed by atoms with Crippen LogP contribution in [0.5, 0.6) is 0 Å². The zero-order chi connectivity index (χ0) is 12.3. The number of hydrogen-bond donors (Lipinski definition) is 0. The second-order valence-corrected chi connectivity index (χ2v) is 5.17. The lowest BCUT2D eigenvalue weighted by molar-refractivity contribution is 0.174. The maximum absolute atomic E-state index is 4.57. The first kappa shape index (κ1) is 12.6. The van der Waals surface area contributed by atoms with Crippen LogP contribution in [-0.4, -0.2) is 27.3 Å². The molecule has 0 N–H and O–H groups in total. The number of fused-ring (bicyclic) bond motifs is 1. The van der Waals surface area contributed by atoms with Crippen molar-refractivity contribution in [3.8, 4) is 0 Å². The third kappa shape index (κ3) is 2.89. The Bertz CT molecular complexity index is 356. The average Bonchev–Trinajstić information content (AvgIpc) is 2.54. The fraction of sp³-hybridized carbons (Fsp3) is 0.786. The summed E-state index contributed by atoms with van der Waals surface area (Å²) in [7, 11) is 0. The van der Waals surface area contributed by atoms with E-state index in [1.807, 2.05) is 0 Å². The lowest BCUT2D eigenvalue weighted by atomic mass is 10.1. The van der Waals surface area contributed by atoms with Crippen LogP contribution >= 0.6 is 0 Å². The van der Waals surface area contributed by atoms with Crippen LogP contribution in [0.2, 0.25) is 0 Å². The Kier molecular flexibility index (Phi) is 4.21. The first-order valence-electron chi connectivity index (χ1n) is 7.02. The van der Waals surface area contributed by atoms with Gasteiger partial charge < -0.3 is 0 Å². The molecule has 1 aromatic heterocycles. The summed E-state index contributed by atoms with van der Waals surface area (Å²) in [4.78, 5) is 2.66. The lowest BCUT2D eigenvalue weighted by Crippen LogP contribution is -2.34. The zero-order valence-electron chi connectivity index (χ0n) is 11.4. The number of hydrogen-bond acceptors (Lipinski definition) is 2. The van der Waals surface area contributed by atoms with Crippen LogP contribution in [0.4, 0.5) is 0 Å². The van der Waals surface area contributed by atoms with Gasteiger partial charge in [-0.1, -0.05) is 20.3 Å². The van der Waals surface area contributed by atoms with Crippen molar-refractivity contribution < 1.29 is 0 Å². The molecule has 2 rings (SSSR count). The smallest absolute Gasteiger partial charge is 0.0597 e. The summed E-state index contributed by atoms with van der Waals surface area (Å²) in [6.45, 7) is 10.1. The highest BCUT2D eigenvalue weighted by Crippen LogP contribution is 2.19. The van der Waals surface area contributed by atoms with Gasteiger partial charge >= 0.3 is 0 Å². The summed E-state index contributed by atoms with van der Waals surface area (Å²) in [5.41, 5.74) is 2.56. The highest BCUT2D eigenvalue weighted by atomic mass is 15.3. The van der Waals surface area contributed by atoms with E-state index in [9.17, 15) is 0 Å². The van der Waals surface area contributed by atoms with E-state index < -0.39 is 0 Å². The molecule has 96 valence electrons. The zero-order valence-corrected chi connectivity index (χ0v) is 11.4. The van der Waals surface area contributed by atoms with Gasteiger partial charge in [-0.15, -0.1) is 0 Å². The molecule has 1 aliphatic heterocycles. The van der Waals surface area contributed by atoms with Crippen molar-refractivity contribution in [3.05, 3.63) is 17.5 Å². The Morgan fingerprint density at radius 2 is 2.18 bits per heavy atom. The van der Waals surface area contributed by atoms with E-state index in [-0.39, 0.29) is 0 Å². The molecule has 2 heterocycles. The molecule has 0 bridgehead atoms. The van der Waals surface area contributed by atoms with Crippen LogP contribution in [0.3, 0.4) is 0 Å². The molecule has 0 amide bonds. The van der Waals surface area contributed by atoms with Gasteiger partial charge in [0.05, 0.1) is 11.4 Å². The maximum atomic E-state index is 4.57. The average molecular weight is 235 g/mol. The van der Waals surface area contributed by atoms with Gasteiger partial charge in [-0.05, 0) is 32.3 Å². The van der Waals surface area contributed by atoms with Crippen LogP contribution in [0, 0.1) is 6.92 Å². The molecule has 1 aromatic rings. The van der Waals surface area contributed by atoms with E-state index >= 15 is 0 Å². The van der Waals surface area contributed by atoms with Crippen LogP contribution in [-0.2, 0) is 13.1 Å². The minimum absolute atomic E-state index is 0.752. The van der Waals surface area contributed by atoms with Crippen molar-refractivity contribution in [2.75, 3.05) is 6.54 Å². The molecule has 3 heteroatoms. The van der Waals surface area contributed by atoms with Gasteiger partial charge in [-0.2, -0.15) is 5.10 Å². The van der Waals surface area contributed by atoms with E-state index in [1.165, 1.54) is 37.9 Å². The topological polar surface area (TPSA) is 21.1 Å². The van der Waals surface area contributed by atoms with E-state index in [0.717, 1.165) is 24.8 Å². The van der Waals surface area contributed by atoms with Crippen molar-refractivity contribution in [2.45, 2.75) is 65.6 Å². The van der Waals surface area contributed by atoms with Gasteiger partial charge in [0, 0.05) is 25.7 Å². The summed E-state index contributed by atoms with van der Waals surface area (Å²) in [5.74, 6) is 0. The van der Waals surface area contributed by atoms with E-state index in [1.54, 1.807) is 0 Å². The van der Waals surface area contributed by atoms with Gasteiger partial charge in [0.25, 0.3) is 0 Å². The number of aromatic nitrogens is 2. The molecule has 0 fully saturated rings. The Labute approximate surface area is 105 Å². The van der Waals surface area contributed by atoms with Gasteiger partial charge in [0.15, 0.2) is 0 Å². The first-order chi connectivity index (χ1) is 8.24. The standard InChI is InChI=1S/C14H25N3/c1-4-7-13(5-2)16-8-6-9-17-14(11-16)10-12(3)15-17/h10,13H,4-9,11H2,1-3H3. The predicted octanol–water partition coefficient (Wildman–Crippen LogP) is 2.98. The normalized spacial score (nSPS) is 18.8. The molecule has 1 unspecified atom stereocenters. The maximum Gasteiger partial charge on any atom is 0.0597 e. The Morgan fingerprint density at radius 1 is 1.35 bits per heavy atom. The van der Waals surface area contributed by atoms with Crippen molar-refractivity contribution >= 4 is 0 Å². The fourth-order valence-electron chi connectivity index (χ4n) is 2.92. The molecular formula is C14H25N3. The van der Waals surface area contributed by atoms with Crippen molar-refractivity contribution in [3.63, 3.8) is 0 Å². The van der Waals surface area contributed by atoms with Crippen molar-refractivity contribution in [1.82, 2.24) is 14.7 Å². The molecule has 17 heavy (non-hydrogen) atoms. The summed E-state index contributed by atoms with van der Waals surface area (Å²) >= 11 is 0. The van der Waals surface area contributed by atoms with Gasteiger partial charge in [0.2, 0.25) is 0 Å². The first-order valence-corrected chi connectivity index (χ1v) is 7.02. The van der Waals surface area contributed by atoms with Gasteiger partial charge in [-0.3, -0.25) is 9.58 Å². The second-order valence-electron chi connectivity index (χ2n) is 5.17. The van der Waals surface area contributed by atoms with E-state index in [4.69, 9.17) is 0 Å². The second kappa shape index (κ2) is 5.67. The number of aryl methyl sites for hydroxylation is 2. The van der Waals surface area contributed by atoms with Gasteiger partial charge in [0.1, 0.15) is 0 Å². The fourth-order valence-corrected chi connectivity index (χ4v) is 2.92. The van der Waals surface area contributed by atoms with Crippen LogP contribution in [0.1, 0.15) is 50.9 Å². The summed E-state index contributed by atoms with van der Waals surface area (Å²) < 4.78 is 2.20. The van der Waals surface area contributed by atoms with Crippen LogP contribution in [0.25, 0.3) is 0 Å². The molecule has 3 nitrogen and oxygen atoms in total. The Balaban J connectivity index is 2.11. The van der Waals surface area contributed by atoms with E-state index in [0.29, 0.717) is 0 Å². The summed E-state index contributed by atoms with van der Waals surface area (Å²) in [5, 5.41) is 4.57. The Morgan fingerprint density at radius 3 is 2.88 bits per heavy atom. The highest BCUT2D eigenvalue weighted by molar-refractivity contribution is 5.09. The molecule has 0 saturated carbocycles. The van der Waals surface area contributed by atoms with Crippen LogP contribution < -0.4 is 0 Å². The lowest BCUT2D eigenvalue weighted by Gasteiger charge is -2.29. The molecule has 0 aliphatic carbocycles. The monoisotopic (exact) mass is 235 g/mol. The molecule has 0 radical (unpaired) electrons. The molecule has 0 aromatic carbocycles.